The summed E-state index contributed by atoms with van der Waals surface area (Å²) in [5.41, 5.74) is 0. The van der Waals surface area contributed by atoms with Crippen LogP contribution in [0, 0.1) is 11.8 Å². The summed E-state index contributed by atoms with van der Waals surface area (Å²) in [6.07, 6.45) is 2.82. The minimum atomic E-state index is -1.15. The molecule has 1 aliphatic carbocycles. The van der Waals surface area contributed by atoms with E-state index in [1.807, 2.05) is 13.8 Å². The van der Waals surface area contributed by atoms with Crippen molar-refractivity contribution >= 4 is 0 Å². The molecule has 0 heterocycles. The van der Waals surface area contributed by atoms with E-state index in [4.69, 9.17) is 0 Å². The van der Waals surface area contributed by atoms with Crippen LogP contribution in [0.25, 0.3) is 0 Å². The van der Waals surface area contributed by atoms with Gasteiger partial charge >= 0.3 is 0 Å². The van der Waals surface area contributed by atoms with Crippen molar-refractivity contribution in [2.24, 2.45) is 11.8 Å². The van der Waals surface area contributed by atoms with E-state index in [0.29, 0.717) is 0 Å². The Bertz CT molecular complexity index is 192. The Balaban J connectivity index is 2.69. The number of halogens is 2. The molecule has 62 valence electrons. The fraction of sp³-hybridized carbons (Fsp3) is 0.556. The molecule has 0 aliphatic heterocycles. The Labute approximate surface area is 65.6 Å². The second-order valence-corrected chi connectivity index (χ2v) is 3.18. The van der Waals surface area contributed by atoms with Gasteiger partial charge < -0.3 is 0 Å². The van der Waals surface area contributed by atoms with Gasteiger partial charge in [-0.15, -0.1) is 0 Å². The molecule has 1 rings (SSSR count). The highest BCUT2D eigenvalue weighted by Gasteiger charge is 2.22. The monoisotopic (exact) mass is 158 g/mol. The van der Waals surface area contributed by atoms with E-state index in [2.05, 4.69) is 0 Å². The molecule has 1 aliphatic rings. The molecule has 0 saturated heterocycles. The van der Waals surface area contributed by atoms with Gasteiger partial charge in [0.05, 0.1) is 0 Å². The van der Waals surface area contributed by atoms with Crippen LogP contribution in [-0.4, -0.2) is 6.17 Å². The molecule has 0 bridgehead atoms. The average Bonchev–Trinajstić information content (AvgIpc) is 1.85. The maximum Gasteiger partial charge on any atom is 0.128 e. The first-order valence-corrected chi connectivity index (χ1v) is 3.81. The van der Waals surface area contributed by atoms with Gasteiger partial charge in [-0.2, -0.15) is 0 Å². The quantitative estimate of drug-likeness (QED) is 0.550. The average molecular weight is 158 g/mol. The molecule has 0 nitrogen and oxygen atoms in total. The van der Waals surface area contributed by atoms with Crippen molar-refractivity contribution in [1.82, 2.24) is 0 Å². The highest BCUT2D eigenvalue weighted by Crippen LogP contribution is 2.26. The third-order valence-corrected chi connectivity index (χ3v) is 1.93. The van der Waals surface area contributed by atoms with Crippen molar-refractivity contribution < 1.29 is 8.78 Å². The predicted octanol–water partition coefficient (Wildman–Crippen LogP) is 3.02. The fourth-order valence-electron chi connectivity index (χ4n) is 1.22. The lowest BCUT2D eigenvalue weighted by molar-refractivity contribution is 0.261. The zero-order valence-corrected chi connectivity index (χ0v) is 6.72. The van der Waals surface area contributed by atoms with Gasteiger partial charge in [-0.25, -0.2) is 8.78 Å². The first-order chi connectivity index (χ1) is 5.11. The van der Waals surface area contributed by atoms with Gasteiger partial charge in [0, 0.05) is 5.92 Å². The second-order valence-electron chi connectivity index (χ2n) is 3.18. The smallest absolute Gasteiger partial charge is 0.128 e. The van der Waals surface area contributed by atoms with Crippen LogP contribution in [0.3, 0.4) is 0 Å². The predicted molar refractivity (Wildman–Crippen MR) is 41.6 cm³/mol. The molecule has 0 aromatic heterocycles. The fourth-order valence-corrected chi connectivity index (χ4v) is 1.22. The molecular weight excluding hydrogens is 146 g/mol. The summed E-state index contributed by atoms with van der Waals surface area (Å²) in [6.45, 7) is 3.86. The van der Waals surface area contributed by atoms with Crippen LogP contribution < -0.4 is 0 Å². The van der Waals surface area contributed by atoms with Crippen LogP contribution in [0.5, 0.6) is 0 Å². The molecular formula is C9H12F2. The molecule has 2 atom stereocenters. The molecule has 0 amide bonds. The molecule has 2 unspecified atom stereocenters. The Kier molecular flexibility index (Phi) is 2.42. The Morgan fingerprint density at radius 3 is 2.55 bits per heavy atom. The SMILES string of the molecule is CC(C)C1C=CC(F)=CC1F. The molecule has 0 radical (unpaired) electrons. The topological polar surface area (TPSA) is 0 Å². The number of hydrogen-bond donors (Lipinski definition) is 0. The standard InChI is InChI=1S/C9H12F2/c1-6(2)8-4-3-7(10)5-9(8)11/h3-6,8-9H,1-2H3. The Morgan fingerprint density at radius 1 is 1.45 bits per heavy atom. The zero-order chi connectivity index (χ0) is 8.43. The third-order valence-electron chi connectivity index (χ3n) is 1.93. The van der Waals surface area contributed by atoms with Gasteiger partial charge in [-0.1, -0.05) is 19.9 Å². The molecule has 0 N–H and O–H groups in total. The number of hydrogen-bond acceptors (Lipinski definition) is 0. The van der Waals surface area contributed by atoms with Crippen molar-refractivity contribution in [2.75, 3.05) is 0 Å². The first-order valence-electron chi connectivity index (χ1n) is 3.81. The molecule has 0 aromatic carbocycles. The van der Waals surface area contributed by atoms with E-state index in [9.17, 15) is 8.78 Å². The molecule has 0 saturated carbocycles. The van der Waals surface area contributed by atoms with Crippen LogP contribution in [0.1, 0.15) is 13.8 Å². The van der Waals surface area contributed by atoms with Crippen molar-refractivity contribution in [2.45, 2.75) is 20.0 Å². The van der Waals surface area contributed by atoms with Crippen LogP contribution >= 0.6 is 0 Å². The molecule has 0 fully saturated rings. The van der Waals surface area contributed by atoms with Gasteiger partial charge in [-0.3, -0.25) is 0 Å². The Morgan fingerprint density at radius 2 is 2.09 bits per heavy atom. The Hall–Kier alpha value is -0.660. The van der Waals surface area contributed by atoms with Gasteiger partial charge in [0.25, 0.3) is 0 Å². The van der Waals surface area contributed by atoms with Gasteiger partial charge in [0.2, 0.25) is 0 Å². The van der Waals surface area contributed by atoms with E-state index in [1.54, 1.807) is 6.08 Å². The van der Waals surface area contributed by atoms with Crippen molar-refractivity contribution in [3.63, 3.8) is 0 Å². The van der Waals surface area contributed by atoms with E-state index in [1.165, 1.54) is 6.08 Å². The van der Waals surface area contributed by atoms with E-state index < -0.39 is 12.0 Å². The van der Waals surface area contributed by atoms with Gasteiger partial charge in [-0.05, 0) is 18.1 Å². The maximum atomic E-state index is 13.0. The largest absolute Gasteiger partial charge is 0.242 e. The van der Waals surface area contributed by atoms with Crippen LogP contribution in [-0.2, 0) is 0 Å². The summed E-state index contributed by atoms with van der Waals surface area (Å²) in [5, 5.41) is 0. The lowest BCUT2D eigenvalue weighted by atomic mass is 9.88. The minimum absolute atomic E-state index is 0.158. The summed E-state index contributed by atoms with van der Waals surface area (Å²) >= 11 is 0. The lowest BCUT2D eigenvalue weighted by Crippen LogP contribution is -2.19. The van der Waals surface area contributed by atoms with E-state index in [-0.39, 0.29) is 11.8 Å². The number of allylic oxidation sites excluding steroid dienone is 4. The summed E-state index contributed by atoms with van der Waals surface area (Å²) < 4.78 is 25.4. The van der Waals surface area contributed by atoms with Gasteiger partial charge in [0.15, 0.2) is 0 Å². The summed E-state index contributed by atoms with van der Waals surface area (Å²) in [6, 6.07) is 0. The lowest BCUT2D eigenvalue weighted by Gasteiger charge is -2.21. The van der Waals surface area contributed by atoms with Crippen molar-refractivity contribution in [3.05, 3.63) is 24.1 Å². The number of rotatable bonds is 1. The third kappa shape index (κ3) is 1.88. The van der Waals surface area contributed by atoms with Crippen LogP contribution in [0.2, 0.25) is 0 Å². The normalized spacial score (nSPS) is 30.8. The highest BCUT2D eigenvalue weighted by molar-refractivity contribution is 5.21. The molecule has 2 heteroatoms. The summed E-state index contributed by atoms with van der Waals surface area (Å²) in [5.74, 6) is -0.394. The van der Waals surface area contributed by atoms with Gasteiger partial charge in [0.1, 0.15) is 12.0 Å². The molecule has 0 aromatic rings. The zero-order valence-electron chi connectivity index (χ0n) is 6.72. The highest BCUT2D eigenvalue weighted by atomic mass is 19.1. The molecule has 11 heavy (non-hydrogen) atoms. The molecule has 0 spiro atoms. The minimum Gasteiger partial charge on any atom is -0.242 e. The second kappa shape index (κ2) is 3.16. The van der Waals surface area contributed by atoms with Crippen LogP contribution in [0.4, 0.5) is 8.78 Å². The summed E-state index contributed by atoms with van der Waals surface area (Å²) in [4.78, 5) is 0. The van der Waals surface area contributed by atoms with Crippen molar-refractivity contribution in [1.29, 1.82) is 0 Å². The first kappa shape index (κ1) is 8.44. The maximum absolute atomic E-state index is 13.0. The van der Waals surface area contributed by atoms with E-state index >= 15 is 0 Å². The van der Waals surface area contributed by atoms with E-state index in [0.717, 1.165) is 6.08 Å². The van der Waals surface area contributed by atoms with Crippen LogP contribution in [0.15, 0.2) is 24.1 Å². The summed E-state index contributed by atoms with van der Waals surface area (Å²) in [7, 11) is 0. The van der Waals surface area contributed by atoms with Crippen molar-refractivity contribution in [3.8, 4) is 0 Å². The number of alkyl halides is 1.